The van der Waals surface area contributed by atoms with E-state index in [0.717, 1.165) is 77.0 Å². The van der Waals surface area contributed by atoms with Crippen LogP contribution >= 0.6 is 7.82 Å². The van der Waals surface area contributed by atoms with Crippen molar-refractivity contribution in [3.63, 3.8) is 0 Å². The summed E-state index contributed by atoms with van der Waals surface area (Å²) in [6.07, 6.45) is 51.0. The lowest BCUT2D eigenvalue weighted by Gasteiger charge is -2.27. The number of phosphoric acid groups is 1. The second kappa shape index (κ2) is 43.8. The van der Waals surface area contributed by atoms with Gasteiger partial charge in [-0.15, -0.1) is 0 Å². The van der Waals surface area contributed by atoms with Gasteiger partial charge in [-0.3, -0.25) is 18.6 Å². The molecule has 3 unspecified atom stereocenters. The SMILES string of the molecule is CC/C=C/C=C/C=C/CCCCCCCCCC(=O)OC(/C=C/CCCCCCCCCCC)C(COP(=O)(O)OCC[N+](C)(C)C)NC(=O)CCCCCCCCCCCCC. The summed E-state index contributed by atoms with van der Waals surface area (Å²) in [5.41, 5.74) is 0. The van der Waals surface area contributed by atoms with Crippen LogP contribution in [0.4, 0.5) is 0 Å². The maximum Gasteiger partial charge on any atom is 0.472 e. The van der Waals surface area contributed by atoms with Gasteiger partial charge >= 0.3 is 13.8 Å². The van der Waals surface area contributed by atoms with Gasteiger partial charge in [-0.1, -0.05) is 211 Å². The average Bonchev–Trinajstić information content (AvgIpc) is 3.23. The maximum atomic E-state index is 13.4. The minimum atomic E-state index is -4.43. The largest absolute Gasteiger partial charge is 0.472 e. The van der Waals surface area contributed by atoms with Crippen LogP contribution in [0.3, 0.4) is 0 Å². The summed E-state index contributed by atoms with van der Waals surface area (Å²) in [5, 5.41) is 3.03. The lowest BCUT2D eigenvalue weighted by molar-refractivity contribution is -0.870. The Balaban J connectivity index is 5.41. The third-order valence-electron chi connectivity index (χ3n) is 11.3. The Morgan fingerprint density at radius 3 is 1.51 bits per heavy atom. The second-order valence-electron chi connectivity index (χ2n) is 18.7. The lowest BCUT2D eigenvalue weighted by Crippen LogP contribution is -2.47. The van der Waals surface area contributed by atoms with Gasteiger partial charge in [-0.2, -0.15) is 0 Å². The highest BCUT2D eigenvalue weighted by Crippen LogP contribution is 2.43. The van der Waals surface area contributed by atoms with E-state index in [4.69, 9.17) is 13.8 Å². The average molecular weight is 908 g/mol. The molecule has 9 nitrogen and oxygen atoms in total. The fraction of sp³-hybridized carbons (Fsp3) is 0.811. The first-order valence-corrected chi connectivity index (χ1v) is 27.5. The number of carbonyl (C=O) groups is 2. The number of amides is 1. The normalized spacial score (nSPS) is 14.3. The lowest BCUT2D eigenvalue weighted by atomic mass is 10.0. The van der Waals surface area contributed by atoms with E-state index >= 15 is 0 Å². The summed E-state index contributed by atoms with van der Waals surface area (Å²) >= 11 is 0. The molecule has 0 rings (SSSR count). The first kappa shape index (κ1) is 61.0. The van der Waals surface area contributed by atoms with Crippen molar-refractivity contribution < 1.29 is 37.3 Å². The molecule has 368 valence electrons. The molecular formula is C53H100N2O7P+. The standard InChI is InChI=1S/C53H99N2O7P/c1-7-10-13-16-19-22-25-26-27-28-31-34-37-40-43-46-53(57)62-51(44-41-38-35-32-29-23-20-17-14-11-8-2)50(49-61-63(58,59)60-48-47-55(4,5)6)54-52(56)45-42-39-36-33-30-24-21-18-15-12-9-3/h10,13,16,19,22,25,41,44,50-51H,7-9,11-12,14-15,17-18,20-21,23-24,26-40,42-43,45-49H2,1-6H3,(H-,54,56,58,59)/p+1/b13-10+,19-16+,25-22+,44-41+. The van der Waals surface area contributed by atoms with Crippen LogP contribution < -0.4 is 5.32 Å². The van der Waals surface area contributed by atoms with Gasteiger partial charge in [-0.05, 0) is 51.0 Å². The van der Waals surface area contributed by atoms with Crippen LogP contribution in [0, 0.1) is 0 Å². The summed E-state index contributed by atoms with van der Waals surface area (Å²) in [5.74, 6) is -0.519. The first-order chi connectivity index (χ1) is 30.4. The van der Waals surface area contributed by atoms with Crippen molar-refractivity contribution in [3.8, 4) is 0 Å². The van der Waals surface area contributed by atoms with E-state index in [2.05, 4.69) is 62.5 Å². The molecule has 0 aromatic carbocycles. The molecule has 0 aromatic heterocycles. The molecular weight excluding hydrogens is 808 g/mol. The highest BCUT2D eigenvalue weighted by Gasteiger charge is 2.30. The fourth-order valence-corrected chi connectivity index (χ4v) is 8.03. The second-order valence-corrected chi connectivity index (χ2v) is 20.2. The number of unbranched alkanes of at least 4 members (excludes halogenated alkanes) is 26. The Labute approximate surface area is 388 Å². The third-order valence-corrected chi connectivity index (χ3v) is 12.3. The van der Waals surface area contributed by atoms with Gasteiger partial charge in [0.15, 0.2) is 0 Å². The Morgan fingerprint density at radius 2 is 1.02 bits per heavy atom. The van der Waals surface area contributed by atoms with Gasteiger partial charge in [0.2, 0.25) is 5.91 Å². The quantitative estimate of drug-likeness (QED) is 0.0156. The third kappa shape index (κ3) is 44.9. The highest BCUT2D eigenvalue weighted by molar-refractivity contribution is 7.47. The zero-order valence-electron chi connectivity index (χ0n) is 41.8. The molecule has 0 aliphatic heterocycles. The number of ether oxygens (including phenoxy) is 1. The Morgan fingerprint density at radius 1 is 0.571 bits per heavy atom. The minimum Gasteiger partial charge on any atom is -0.456 e. The molecule has 0 fully saturated rings. The smallest absolute Gasteiger partial charge is 0.456 e. The summed E-state index contributed by atoms with van der Waals surface area (Å²) in [6, 6.07) is -0.847. The summed E-state index contributed by atoms with van der Waals surface area (Å²) in [7, 11) is 1.49. The van der Waals surface area contributed by atoms with Gasteiger partial charge in [0.05, 0.1) is 33.8 Å². The molecule has 10 heteroatoms. The van der Waals surface area contributed by atoms with E-state index in [1.807, 2.05) is 33.3 Å². The van der Waals surface area contributed by atoms with Crippen LogP contribution in [0.1, 0.15) is 226 Å². The van der Waals surface area contributed by atoms with Crippen LogP contribution in [-0.4, -0.2) is 74.3 Å². The molecule has 3 atom stereocenters. The van der Waals surface area contributed by atoms with Gasteiger partial charge in [0.25, 0.3) is 0 Å². The number of phosphoric ester groups is 1. The number of esters is 1. The van der Waals surface area contributed by atoms with Gasteiger partial charge in [0.1, 0.15) is 19.3 Å². The Hall–Kier alpha value is -2.03. The van der Waals surface area contributed by atoms with E-state index in [1.54, 1.807) is 0 Å². The summed E-state index contributed by atoms with van der Waals surface area (Å²) in [4.78, 5) is 37.4. The van der Waals surface area contributed by atoms with E-state index in [1.165, 1.54) is 116 Å². The fourth-order valence-electron chi connectivity index (χ4n) is 7.29. The number of rotatable bonds is 46. The van der Waals surface area contributed by atoms with Crippen molar-refractivity contribution in [2.45, 2.75) is 238 Å². The topological polar surface area (TPSA) is 111 Å². The zero-order chi connectivity index (χ0) is 46.5. The maximum absolute atomic E-state index is 13.4. The van der Waals surface area contributed by atoms with E-state index in [9.17, 15) is 19.0 Å². The van der Waals surface area contributed by atoms with Crippen LogP contribution in [0.5, 0.6) is 0 Å². The molecule has 0 aliphatic carbocycles. The van der Waals surface area contributed by atoms with Gasteiger partial charge in [-0.25, -0.2) is 4.57 Å². The molecule has 0 aliphatic rings. The predicted molar refractivity (Wildman–Crippen MR) is 268 cm³/mol. The Bertz CT molecular complexity index is 1230. The number of allylic oxidation sites excluding steroid dienone is 7. The minimum absolute atomic E-state index is 0.0385. The van der Waals surface area contributed by atoms with Crippen LogP contribution in [0.2, 0.25) is 0 Å². The van der Waals surface area contributed by atoms with E-state index in [0.29, 0.717) is 17.4 Å². The number of quaternary nitrogens is 1. The molecule has 63 heavy (non-hydrogen) atoms. The van der Waals surface area contributed by atoms with Crippen molar-refractivity contribution in [2.75, 3.05) is 40.9 Å². The predicted octanol–water partition coefficient (Wildman–Crippen LogP) is 15.0. The molecule has 2 N–H and O–H groups in total. The molecule has 1 amide bonds. The van der Waals surface area contributed by atoms with Gasteiger partial charge < -0.3 is 19.4 Å². The molecule has 0 saturated carbocycles. The highest BCUT2D eigenvalue weighted by atomic mass is 31.2. The van der Waals surface area contributed by atoms with Crippen LogP contribution in [0.25, 0.3) is 0 Å². The molecule has 0 aromatic rings. The molecule has 0 saturated heterocycles. The first-order valence-electron chi connectivity index (χ1n) is 26.0. The zero-order valence-corrected chi connectivity index (χ0v) is 42.7. The summed E-state index contributed by atoms with van der Waals surface area (Å²) in [6.45, 7) is 6.85. The van der Waals surface area contributed by atoms with Crippen molar-refractivity contribution in [2.24, 2.45) is 0 Å². The number of hydrogen-bond acceptors (Lipinski definition) is 6. The van der Waals surface area contributed by atoms with Crippen molar-refractivity contribution in [1.29, 1.82) is 0 Å². The number of carbonyl (C=O) groups excluding carboxylic acids is 2. The number of likely N-dealkylation sites (N-methyl/N-ethyl adjacent to an activating group) is 1. The van der Waals surface area contributed by atoms with E-state index < -0.39 is 20.0 Å². The van der Waals surface area contributed by atoms with Crippen LogP contribution in [-0.2, 0) is 27.9 Å². The Kier molecular flexibility index (Phi) is 42.4. The van der Waals surface area contributed by atoms with Crippen molar-refractivity contribution in [1.82, 2.24) is 5.32 Å². The molecule has 0 radical (unpaired) electrons. The number of nitrogens with one attached hydrogen (secondary N) is 1. The van der Waals surface area contributed by atoms with E-state index in [-0.39, 0.29) is 31.5 Å². The van der Waals surface area contributed by atoms with Crippen LogP contribution in [0.15, 0.2) is 48.6 Å². The molecule has 0 bridgehead atoms. The molecule has 0 spiro atoms. The summed E-state index contributed by atoms with van der Waals surface area (Å²) < 4.78 is 30.5. The molecule has 0 heterocycles. The van der Waals surface area contributed by atoms with Crippen molar-refractivity contribution >= 4 is 19.7 Å². The monoisotopic (exact) mass is 908 g/mol. The van der Waals surface area contributed by atoms with Crippen molar-refractivity contribution in [3.05, 3.63) is 48.6 Å². The van der Waals surface area contributed by atoms with Gasteiger partial charge in [0, 0.05) is 12.8 Å². The number of hydrogen-bond donors (Lipinski definition) is 2. The number of nitrogens with zero attached hydrogens (tertiary/aromatic N) is 1.